The summed E-state index contributed by atoms with van der Waals surface area (Å²) in [5.74, 6) is 2.57. The zero-order chi connectivity index (χ0) is 16.0. The lowest BCUT2D eigenvalue weighted by atomic mass is 10.1. The summed E-state index contributed by atoms with van der Waals surface area (Å²) in [6.45, 7) is 13.8. The number of furan rings is 1. The normalized spacial score (nSPS) is 12.6. The first-order valence-electron chi connectivity index (χ1n) is 7.76. The van der Waals surface area contributed by atoms with E-state index in [-0.39, 0.29) is 5.54 Å². The van der Waals surface area contributed by atoms with Crippen molar-refractivity contribution >= 4 is 0 Å². The Morgan fingerprint density at radius 2 is 2.00 bits per heavy atom. The van der Waals surface area contributed by atoms with Crippen molar-refractivity contribution in [1.82, 2.24) is 10.2 Å². The van der Waals surface area contributed by atoms with Gasteiger partial charge in [-0.05, 0) is 59.0 Å². The van der Waals surface area contributed by atoms with Crippen LogP contribution in [0.4, 0.5) is 0 Å². The maximum absolute atomic E-state index is 5.87. The molecule has 1 rings (SSSR count). The van der Waals surface area contributed by atoms with E-state index in [0.29, 0.717) is 19.1 Å². The van der Waals surface area contributed by atoms with Crippen molar-refractivity contribution in [3.8, 4) is 0 Å². The molecule has 0 saturated heterocycles. The van der Waals surface area contributed by atoms with Crippen LogP contribution in [0.2, 0.25) is 0 Å². The summed E-state index contributed by atoms with van der Waals surface area (Å²) < 4.78 is 11.7. The van der Waals surface area contributed by atoms with Gasteiger partial charge in [-0.1, -0.05) is 13.8 Å². The van der Waals surface area contributed by atoms with Gasteiger partial charge in [0.05, 0.1) is 13.2 Å². The fraction of sp³-hybridized carbons (Fsp3) is 0.765. The van der Waals surface area contributed by atoms with Crippen molar-refractivity contribution in [1.29, 1.82) is 0 Å². The maximum Gasteiger partial charge on any atom is 0.130 e. The third-order valence-electron chi connectivity index (χ3n) is 3.82. The van der Waals surface area contributed by atoms with Gasteiger partial charge in [-0.15, -0.1) is 0 Å². The molecule has 0 fully saturated rings. The van der Waals surface area contributed by atoms with E-state index in [0.717, 1.165) is 24.6 Å². The molecule has 0 spiro atoms. The summed E-state index contributed by atoms with van der Waals surface area (Å²) in [5.41, 5.74) is 1.22. The topological polar surface area (TPSA) is 37.6 Å². The molecule has 4 heteroatoms. The Kier molecular flexibility index (Phi) is 6.91. The van der Waals surface area contributed by atoms with E-state index >= 15 is 0 Å². The van der Waals surface area contributed by atoms with Crippen LogP contribution in [0.5, 0.6) is 0 Å². The standard InChI is InChI=1S/C17H32N2O2/c1-13(2)9-18-10-16-14(3)8-15(21-16)11-20-12-17(4,5)19(6)7/h8,13,18H,9-12H2,1-7H3. The highest BCUT2D eigenvalue weighted by Crippen LogP contribution is 2.17. The van der Waals surface area contributed by atoms with Crippen molar-refractivity contribution in [2.45, 2.75) is 53.3 Å². The number of nitrogens with zero attached hydrogens (tertiary/aromatic N) is 1. The van der Waals surface area contributed by atoms with Crippen LogP contribution in [-0.4, -0.2) is 37.7 Å². The minimum atomic E-state index is 0.0310. The fourth-order valence-electron chi connectivity index (χ4n) is 1.84. The van der Waals surface area contributed by atoms with Gasteiger partial charge in [-0.3, -0.25) is 0 Å². The molecule has 21 heavy (non-hydrogen) atoms. The average molecular weight is 296 g/mol. The van der Waals surface area contributed by atoms with Gasteiger partial charge >= 0.3 is 0 Å². The van der Waals surface area contributed by atoms with Crippen LogP contribution in [0, 0.1) is 12.8 Å². The van der Waals surface area contributed by atoms with Crippen molar-refractivity contribution in [3.63, 3.8) is 0 Å². The van der Waals surface area contributed by atoms with E-state index < -0.39 is 0 Å². The summed E-state index contributed by atoms with van der Waals surface area (Å²) in [6, 6.07) is 2.08. The van der Waals surface area contributed by atoms with Gasteiger partial charge in [0.2, 0.25) is 0 Å². The summed E-state index contributed by atoms with van der Waals surface area (Å²) in [5, 5.41) is 3.41. The Balaban J connectivity index is 2.43. The number of aryl methyl sites for hydroxylation is 1. The SMILES string of the molecule is Cc1cc(COCC(C)(C)N(C)C)oc1CNCC(C)C. The molecule has 0 aliphatic carbocycles. The number of ether oxygens (including phenoxy) is 1. The highest BCUT2D eigenvalue weighted by Gasteiger charge is 2.20. The zero-order valence-corrected chi connectivity index (χ0v) is 14.7. The van der Waals surface area contributed by atoms with E-state index in [2.05, 4.69) is 65.0 Å². The molecular weight excluding hydrogens is 264 g/mol. The van der Waals surface area contributed by atoms with E-state index in [4.69, 9.17) is 9.15 Å². The first kappa shape index (κ1) is 18.2. The quantitative estimate of drug-likeness (QED) is 0.759. The molecule has 122 valence electrons. The zero-order valence-electron chi connectivity index (χ0n) is 14.7. The predicted octanol–water partition coefficient (Wildman–Crippen LogP) is 3.19. The van der Waals surface area contributed by atoms with E-state index in [1.165, 1.54) is 5.56 Å². The molecule has 0 saturated carbocycles. The highest BCUT2D eigenvalue weighted by molar-refractivity contribution is 5.19. The number of hydrogen-bond donors (Lipinski definition) is 1. The highest BCUT2D eigenvalue weighted by atomic mass is 16.5. The van der Waals surface area contributed by atoms with Crippen molar-refractivity contribution < 1.29 is 9.15 Å². The van der Waals surface area contributed by atoms with Crippen LogP contribution in [-0.2, 0) is 17.9 Å². The van der Waals surface area contributed by atoms with Gasteiger partial charge in [0, 0.05) is 5.54 Å². The van der Waals surface area contributed by atoms with Crippen molar-refractivity contribution in [2.24, 2.45) is 5.92 Å². The lowest BCUT2D eigenvalue weighted by Crippen LogP contribution is -2.42. The molecular formula is C17H32N2O2. The molecule has 0 atom stereocenters. The van der Waals surface area contributed by atoms with E-state index in [1.54, 1.807) is 0 Å². The van der Waals surface area contributed by atoms with Crippen LogP contribution >= 0.6 is 0 Å². The van der Waals surface area contributed by atoms with Gasteiger partial charge < -0.3 is 19.4 Å². The molecule has 1 heterocycles. The second-order valence-electron chi connectivity index (χ2n) is 7.04. The number of likely N-dealkylation sites (N-methyl/N-ethyl adjacent to an activating group) is 1. The predicted molar refractivity (Wildman–Crippen MR) is 87.4 cm³/mol. The Hall–Kier alpha value is -0.840. The second kappa shape index (κ2) is 7.97. The number of rotatable bonds is 9. The van der Waals surface area contributed by atoms with Crippen LogP contribution in [0.3, 0.4) is 0 Å². The van der Waals surface area contributed by atoms with Gasteiger partial charge in [-0.25, -0.2) is 0 Å². The minimum absolute atomic E-state index is 0.0310. The van der Waals surface area contributed by atoms with E-state index in [9.17, 15) is 0 Å². The Bertz CT molecular complexity index is 422. The Morgan fingerprint density at radius 1 is 1.33 bits per heavy atom. The van der Waals surface area contributed by atoms with Gasteiger partial charge in [-0.2, -0.15) is 0 Å². The average Bonchev–Trinajstić information content (AvgIpc) is 2.69. The number of nitrogens with one attached hydrogen (secondary N) is 1. The molecule has 0 bridgehead atoms. The van der Waals surface area contributed by atoms with E-state index in [1.807, 2.05) is 0 Å². The smallest absolute Gasteiger partial charge is 0.130 e. The summed E-state index contributed by atoms with van der Waals surface area (Å²) >= 11 is 0. The summed E-state index contributed by atoms with van der Waals surface area (Å²) in [4.78, 5) is 2.17. The first-order chi connectivity index (χ1) is 9.72. The third kappa shape index (κ3) is 6.20. The molecule has 0 aromatic carbocycles. The van der Waals surface area contributed by atoms with Gasteiger partial charge in [0.15, 0.2) is 0 Å². The number of hydrogen-bond acceptors (Lipinski definition) is 4. The fourth-order valence-corrected chi connectivity index (χ4v) is 1.84. The molecule has 1 aromatic rings. The van der Waals surface area contributed by atoms with Crippen LogP contribution in [0.15, 0.2) is 10.5 Å². The molecule has 0 unspecified atom stereocenters. The molecule has 0 radical (unpaired) electrons. The monoisotopic (exact) mass is 296 g/mol. The minimum Gasteiger partial charge on any atom is -0.462 e. The summed E-state index contributed by atoms with van der Waals surface area (Å²) in [6.07, 6.45) is 0. The molecule has 1 N–H and O–H groups in total. The Labute approximate surface area is 129 Å². The third-order valence-corrected chi connectivity index (χ3v) is 3.82. The van der Waals surface area contributed by atoms with Crippen LogP contribution in [0.1, 0.15) is 44.8 Å². The molecule has 0 aliphatic rings. The largest absolute Gasteiger partial charge is 0.462 e. The molecule has 0 amide bonds. The van der Waals surface area contributed by atoms with Gasteiger partial charge in [0.1, 0.15) is 18.1 Å². The van der Waals surface area contributed by atoms with Crippen LogP contribution in [0.25, 0.3) is 0 Å². The molecule has 0 aliphatic heterocycles. The lowest BCUT2D eigenvalue weighted by Gasteiger charge is -2.31. The van der Waals surface area contributed by atoms with Crippen molar-refractivity contribution in [2.75, 3.05) is 27.2 Å². The molecule has 1 aromatic heterocycles. The second-order valence-corrected chi connectivity index (χ2v) is 7.04. The van der Waals surface area contributed by atoms with Gasteiger partial charge in [0.25, 0.3) is 0 Å². The lowest BCUT2D eigenvalue weighted by molar-refractivity contribution is 0.0206. The molecule has 4 nitrogen and oxygen atoms in total. The summed E-state index contributed by atoms with van der Waals surface area (Å²) in [7, 11) is 4.14. The van der Waals surface area contributed by atoms with Crippen LogP contribution < -0.4 is 5.32 Å². The Morgan fingerprint density at radius 3 is 2.57 bits per heavy atom. The van der Waals surface area contributed by atoms with Crippen molar-refractivity contribution in [3.05, 3.63) is 23.2 Å². The maximum atomic E-state index is 5.87. The first-order valence-corrected chi connectivity index (χ1v) is 7.76.